The molecule has 0 aromatic carbocycles. The lowest BCUT2D eigenvalue weighted by molar-refractivity contribution is -0.0619. The van der Waals surface area contributed by atoms with Crippen LogP contribution in [0.25, 0.3) is 0 Å². The molecule has 2 unspecified atom stereocenters. The molecule has 1 aliphatic heterocycles. The van der Waals surface area contributed by atoms with Crippen LogP contribution in [0.1, 0.15) is 24.6 Å². The Morgan fingerprint density at radius 3 is 3.06 bits per heavy atom. The Hall–Kier alpha value is -1.40. The topological polar surface area (TPSA) is 84.3 Å². The maximum atomic E-state index is 11.7. The molecule has 0 spiro atoms. The number of aromatic nitrogens is 2. The van der Waals surface area contributed by atoms with Gasteiger partial charge in [-0.25, -0.2) is 4.79 Å². The number of aliphatic hydroxyl groups is 1. The molecule has 2 aliphatic rings. The molecule has 1 aromatic heterocycles. The number of nitrogens with zero attached hydrogens (tertiary/aromatic N) is 1. The third-order valence-electron chi connectivity index (χ3n) is 3.76. The molecule has 2 heterocycles. The Labute approximate surface area is 96.9 Å². The molecule has 0 radical (unpaired) electrons. The van der Waals surface area contributed by atoms with Gasteiger partial charge in [0, 0.05) is 11.8 Å². The summed E-state index contributed by atoms with van der Waals surface area (Å²) in [6.07, 6.45) is 2.72. The van der Waals surface area contributed by atoms with Crippen molar-refractivity contribution in [3.63, 3.8) is 0 Å². The third kappa shape index (κ3) is 1.48. The van der Waals surface area contributed by atoms with Gasteiger partial charge < -0.3 is 9.84 Å². The summed E-state index contributed by atoms with van der Waals surface area (Å²) < 4.78 is 7.13. The van der Waals surface area contributed by atoms with E-state index >= 15 is 0 Å². The lowest BCUT2D eigenvalue weighted by atomic mass is 10.2. The van der Waals surface area contributed by atoms with Crippen LogP contribution >= 0.6 is 0 Å². The van der Waals surface area contributed by atoms with Crippen molar-refractivity contribution >= 4 is 0 Å². The van der Waals surface area contributed by atoms with E-state index in [1.54, 1.807) is 6.92 Å². The molecule has 1 aliphatic carbocycles. The standard InChI is InChI=1S/C11H14N2O4/c1-6-4-13(10(16)12-9(6)15)8-2-7-3-11(7,5-14)17-8/h4,7-8,14H,2-3,5H2,1H3,(H,12,15,16)/t7?,8-,11?/m1/s1. The largest absolute Gasteiger partial charge is 0.393 e. The summed E-state index contributed by atoms with van der Waals surface area (Å²) in [5.41, 5.74) is -0.785. The summed E-state index contributed by atoms with van der Waals surface area (Å²) in [6, 6.07) is 0. The molecule has 92 valence electrons. The van der Waals surface area contributed by atoms with Crippen molar-refractivity contribution in [2.45, 2.75) is 31.6 Å². The van der Waals surface area contributed by atoms with Crippen LogP contribution in [0.2, 0.25) is 0 Å². The highest BCUT2D eigenvalue weighted by molar-refractivity contribution is 5.11. The van der Waals surface area contributed by atoms with Crippen molar-refractivity contribution in [1.82, 2.24) is 9.55 Å². The summed E-state index contributed by atoms with van der Waals surface area (Å²) in [6.45, 7) is 1.64. The first kappa shape index (κ1) is 10.7. The maximum Gasteiger partial charge on any atom is 0.330 e. The number of hydrogen-bond donors (Lipinski definition) is 2. The van der Waals surface area contributed by atoms with Crippen LogP contribution in [0.15, 0.2) is 15.8 Å². The zero-order valence-electron chi connectivity index (χ0n) is 9.47. The van der Waals surface area contributed by atoms with E-state index in [9.17, 15) is 14.7 Å². The van der Waals surface area contributed by atoms with Crippen molar-refractivity contribution in [3.8, 4) is 0 Å². The zero-order valence-corrected chi connectivity index (χ0v) is 9.47. The average molecular weight is 238 g/mol. The number of hydrogen-bond acceptors (Lipinski definition) is 4. The molecular weight excluding hydrogens is 224 g/mol. The van der Waals surface area contributed by atoms with Crippen LogP contribution in [0.3, 0.4) is 0 Å². The van der Waals surface area contributed by atoms with Crippen molar-refractivity contribution in [2.75, 3.05) is 6.61 Å². The molecule has 6 heteroatoms. The normalized spacial score (nSPS) is 34.7. The molecule has 3 atom stereocenters. The van der Waals surface area contributed by atoms with E-state index in [1.165, 1.54) is 10.8 Å². The molecule has 6 nitrogen and oxygen atoms in total. The molecular formula is C11H14N2O4. The van der Waals surface area contributed by atoms with Gasteiger partial charge in [0.05, 0.1) is 12.2 Å². The summed E-state index contributed by atoms with van der Waals surface area (Å²) in [4.78, 5) is 25.2. The lowest BCUT2D eigenvalue weighted by Gasteiger charge is -2.18. The Bertz CT molecular complexity index is 572. The van der Waals surface area contributed by atoms with E-state index < -0.39 is 11.3 Å². The molecule has 2 N–H and O–H groups in total. The Balaban J connectivity index is 1.94. The van der Waals surface area contributed by atoms with E-state index in [0.717, 1.165) is 6.42 Å². The zero-order chi connectivity index (χ0) is 12.2. The smallest absolute Gasteiger partial charge is 0.330 e. The van der Waals surface area contributed by atoms with Gasteiger partial charge in [-0.15, -0.1) is 0 Å². The Kier molecular flexibility index (Phi) is 2.08. The number of rotatable bonds is 2. The van der Waals surface area contributed by atoms with Gasteiger partial charge in [0.1, 0.15) is 6.23 Å². The van der Waals surface area contributed by atoms with E-state index in [4.69, 9.17) is 4.74 Å². The summed E-state index contributed by atoms with van der Waals surface area (Å²) >= 11 is 0. The Morgan fingerprint density at radius 1 is 1.65 bits per heavy atom. The van der Waals surface area contributed by atoms with Gasteiger partial charge in [0.15, 0.2) is 0 Å². The highest BCUT2D eigenvalue weighted by Crippen LogP contribution is 2.58. The minimum Gasteiger partial charge on any atom is -0.393 e. The lowest BCUT2D eigenvalue weighted by Crippen LogP contribution is -2.34. The molecule has 1 saturated carbocycles. The number of aromatic amines is 1. The number of aryl methyl sites for hydroxylation is 1. The first-order valence-corrected chi connectivity index (χ1v) is 5.66. The molecule has 2 fully saturated rings. The summed E-state index contributed by atoms with van der Waals surface area (Å²) in [7, 11) is 0. The SMILES string of the molecule is Cc1cn([C@H]2CC3CC3(CO)O2)c(=O)[nH]c1=O. The second-order valence-electron chi connectivity index (χ2n) is 4.91. The van der Waals surface area contributed by atoms with E-state index in [-0.39, 0.29) is 18.4 Å². The fourth-order valence-corrected chi connectivity index (χ4v) is 2.56. The van der Waals surface area contributed by atoms with Crippen molar-refractivity contribution in [3.05, 3.63) is 32.6 Å². The number of fused-ring (bicyclic) bond motifs is 1. The average Bonchev–Trinajstić information content (AvgIpc) is 2.86. The Morgan fingerprint density at radius 2 is 2.41 bits per heavy atom. The second kappa shape index (κ2) is 3.30. The third-order valence-corrected chi connectivity index (χ3v) is 3.76. The quantitative estimate of drug-likeness (QED) is 0.728. The van der Waals surface area contributed by atoms with Crippen LogP contribution in [0.5, 0.6) is 0 Å². The molecule has 1 aromatic rings. The van der Waals surface area contributed by atoms with Crippen LogP contribution in [-0.4, -0.2) is 26.9 Å². The van der Waals surface area contributed by atoms with Crippen LogP contribution in [-0.2, 0) is 4.74 Å². The predicted octanol–water partition coefficient (Wildman–Crippen LogP) is -0.485. The number of nitrogens with one attached hydrogen (secondary N) is 1. The first-order valence-electron chi connectivity index (χ1n) is 5.66. The minimum atomic E-state index is -0.458. The molecule has 3 rings (SSSR count). The second-order valence-corrected chi connectivity index (χ2v) is 4.91. The number of aliphatic hydroxyl groups excluding tert-OH is 1. The maximum absolute atomic E-state index is 11.7. The fraction of sp³-hybridized carbons (Fsp3) is 0.636. The highest BCUT2D eigenvalue weighted by atomic mass is 16.5. The number of ether oxygens (including phenoxy) is 1. The van der Waals surface area contributed by atoms with Crippen molar-refractivity contribution in [1.29, 1.82) is 0 Å². The van der Waals surface area contributed by atoms with Crippen molar-refractivity contribution in [2.24, 2.45) is 5.92 Å². The van der Waals surface area contributed by atoms with Gasteiger partial charge in [-0.05, 0) is 25.7 Å². The van der Waals surface area contributed by atoms with Gasteiger partial charge in [0.25, 0.3) is 5.56 Å². The van der Waals surface area contributed by atoms with Gasteiger partial charge >= 0.3 is 5.69 Å². The van der Waals surface area contributed by atoms with Gasteiger partial charge in [-0.1, -0.05) is 0 Å². The van der Waals surface area contributed by atoms with Gasteiger partial charge in [0.2, 0.25) is 0 Å². The minimum absolute atomic E-state index is 0.00868. The van der Waals surface area contributed by atoms with E-state index in [2.05, 4.69) is 4.98 Å². The van der Waals surface area contributed by atoms with Crippen LogP contribution < -0.4 is 11.2 Å². The summed E-state index contributed by atoms with van der Waals surface area (Å²) in [5, 5.41) is 9.23. The first-order chi connectivity index (χ1) is 8.05. The monoisotopic (exact) mass is 238 g/mol. The van der Waals surface area contributed by atoms with E-state index in [0.29, 0.717) is 17.9 Å². The number of H-pyrrole nitrogens is 1. The van der Waals surface area contributed by atoms with Crippen molar-refractivity contribution < 1.29 is 9.84 Å². The highest BCUT2D eigenvalue weighted by Gasteiger charge is 2.62. The molecule has 0 amide bonds. The van der Waals surface area contributed by atoms with Gasteiger partial charge in [-0.3, -0.25) is 14.3 Å². The fourth-order valence-electron chi connectivity index (χ4n) is 2.56. The van der Waals surface area contributed by atoms with Gasteiger partial charge in [-0.2, -0.15) is 0 Å². The van der Waals surface area contributed by atoms with Crippen LogP contribution in [0, 0.1) is 12.8 Å². The van der Waals surface area contributed by atoms with E-state index in [1.807, 2.05) is 0 Å². The molecule has 17 heavy (non-hydrogen) atoms. The van der Waals surface area contributed by atoms with Crippen LogP contribution in [0.4, 0.5) is 0 Å². The predicted molar refractivity (Wildman–Crippen MR) is 58.7 cm³/mol. The molecule has 1 saturated heterocycles. The summed E-state index contributed by atoms with van der Waals surface area (Å²) in [5.74, 6) is 0.330. The molecule has 0 bridgehead atoms.